The standard InChI is InChI=1S/C13H16O5.C2H6.CH4/c1-8(2)7-18-11-5-9(12(14)15)4-10(6-11)13(16)17-3;1-2;/h4-6,8H,7H2,1-3H3,(H,14,15);1-2H3;1H4. The summed E-state index contributed by atoms with van der Waals surface area (Å²) in [4.78, 5) is 22.4. The third-order valence-corrected chi connectivity index (χ3v) is 2.16. The zero-order valence-corrected chi connectivity index (χ0v) is 12.6. The second kappa shape index (κ2) is 10.7. The molecule has 0 bridgehead atoms. The number of aromatic carboxylic acids is 1. The van der Waals surface area contributed by atoms with E-state index in [0.29, 0.717) is 18.3 Å². The van der Waals surface area contributed by atoms with Crippen molar-refractivity contribution >= 4 is 11.9 Å². The summed E-state index contributed by atoms with van der Waals surface area (Å²) in [5, 5.41) is 8.96. The van der Waals surface area contributed by atoms with Gasteiger partial charge in [-0.1, -0.05) is 35.1 Å². The molecule has 120 valence electrons. The van der Waals surface area contributed by atoms with Crippen LogP contribution in [0.5, 0.6) is 5.75 Å². The molecule has 0 fully saturated rings. The van der Waals surface area contributed by atoms with Crippen LogP contribution in [-0.4, -0.2) is 30.8 Å². The topological polar surface area (TPSA) is 72.8 Å². The van der Waals surface area contributed by atoms with E-state index in [1.165, 1.54) is 25.3 Å². The van der Waals surface area contributed by atoms with Crippen LogP contribution in [0.3, 0.4) is 0 Å². The third-order valence-electron chi connectivity index (χ3n) is 2.16. The second-order valence-corrected chi connectivity index (χ2v) is 4.25. The summed E-state index contributed by atoms with van der Waals surface area (Å²) < 4.78 is 9.99. The zero-order chi connectivity index (χ0) is 15.7. The van der Waals surface area contributed by atoms with Crippen molar-refractivity contribution in [1.29, 1.82) is 0 Å². The van der Waals surface area contributed by atoms with Gasteiger partial charge in [-0.05, 0) is 24.1 Å². The Morgan fingerprint density at radius 3 is 2.10 bits per heavy atom. The Kier molecular flexibility index (Phi) is 10.8. The number of hydrogen-bond acceptors (Lipinski definition) is 4. The molecule has 5 nitrogen and oxygen atoms in total. The van der Waals surface area contributed by atoms with Gasteiger partial charge < -0.3 is 14.6 Å². The molecule has 5 heteroatoms. The van der Waals surface area contributed by atoms with E-state index in [1.54, 1.807) is 0 Å². The van der Waals surface area contributed by atoms with Crippen molar-refractivity contribution in [3.63, 3.8) is 0 Å². The fourth-order valence-corrected chi connectivity index (χ4v) is 1.30. The van der Waals surface area contributed by atoms with E-state index in [1.807, 2.05) is 27.7 Å². The van der Waals surface area contributed by atoms with Gasteiger partial charge in [0, 0.05) is 0 Å². The highest BCUT2D eigenvalue weighted by Crippen LogP contribution is 2.19. The summed E-state index contributed by atoms with van der Waals surface area (Å²) in [5.74, 6) is -1.05. The Morgan fingerprint density at radius 1 is 1.14 bits per heavy atom. The van der Waals surface area contributed by atoms with Gasteiger partial charge in [0.15, 0.2) is 0 Å². The number of hydrogen-bond donors (Lipinski definition) is 1. The molecule has 0 heterocycles. The number of benzene rings is 1. The smallest absolute Gasteiger partial charge is 0.338 e. The van der Waals surface area contributed by atoms with Crippen LogP contribution in [0.1, 0.15) is 55.8 Å². The summed E-state index contributed by atoms with van der Waals surface area (Å²) in [6.45, 7) is 8.40. The zero-order valence-electron chi connectivity index (χ0n) is 12.6. The van der Waals surface area contributed by atoms with Crippen LogP contribution in [0.15, 0.2) is 18.2 Å². The first-order valence-corrected chi connectivity index (χ1v) is 6.53. The Balaban J connectivity index is 0. The number of carbonyl (C=O) groups is 2. The maximum Gasteiger partial charge on any atom is 0.338 e. The molecule has 1 aromatic carbocycles. The Bertz CT molecular complexity index is 452. The monoisotopic (exact) mass is 298 g/mol. The van der Waals surface area contributed by atoms with Crippen LogP contribution in [0, 0.1) is 5.92 Å². The number of carbonyl (C=O) groups excluding carboxylic acids is 1. The van der Waals surface area contributed by atoms with Gasteiger partial charge in [-0.3, -0.25) is 0 Å². The molecule has 0 aliphatic carbocycles. The molecule has 1 N–H and O–H groups in total. The van der Waals surface area contributed by atoms with Gasteiger partial charge in [0.1, 0.15) is 5.75 Å². The average molecular weight is 298 g/mol. The van der Waals surface area contributed by atoms with E-state index in [4.69, 9.17) is 9.84 Å². The minimum Gasteiger partial charge on any atom is -0.493 e. The highest BCUT2D eigenvalue weighted by atomic mass is 16.5. The predicted molar refractivity (Wildman–Crippen MR) is 83.2 cm³/mol. The van der Waals surface area contributed by atoms with Gasteiger partial charge in [0.2, 0.25) is 0 Å². The Labute approximate surface area is 126 Å². The van der Waals surface area contributed by atoms with Crippen molar-refractivity contribution in [3.8, 4) is 5.75 Å². The van der Waals surface area contributed by atoms with Crippen molar-refractivity contribution in [3.05, 3.63) is 29.3 Å². The number of ether oxygens (including phenoxy) is 2. The third kappa shape index (κ3) is 7.34. The first-order valence-electron chi connectivity index (χ1n) is 6.53. The fourth-order valence-electron chi connectivity index (χ4n) is 1.30. The van der Waals surface area contributed by atoms with Crippen molar-refractivity contribution in [2.75, 3.05) is 13.7 Å². The first kappa shape index (κ1) is 21.3. The average Bonchev–Trinajstić information content (AvgIpc) is 2.45. The fraction of sp³-hybridized carbons (Fsp3) is 0.500. The maximum absolute atomic E-state index is 11.4. The number of rotatable bonds is 5. The molecule has 0 saturated carbocycles. The summed E-state index contributed by atoms with van der Waals surface area (Å²) in [6, 6.07) is 4.12. The van der Waals surface area contributed by atoms with Crippen LogP contribution < -0.4 is 4.74 Å². The van der Waals surface area contributed by atoms with Crippen molar-refractivity contribution in [2.45, 2.75) is 35.1 Å². The second-order valence-electron chi connectivity index (χ2n) is 4.25. The summed E-state index contributed by atoms with van der Waals surface area (Å²) in [7, 11) is 1.24. The van der Waals surface area contributed by atoms with E-state index in [-0.39, 0.29) is 18.6 Å². The van der Waals surface area contributed by atoms with Crippen molar-refractivity contribution in [1.82, 2.24) is 0 Å². The van der Waals surface area contributed by atoms with E-state index >= 15 is 0 Å². The summed E-state index contributed by atoms with van der Waals surface area (Å²) >= 11 is 0. The minimum atomic E-state index is -1.12. The molecule has 1 rings (SSSR count). The molecule has 0 amide bonds. The Hall–Kier alpha value is -2.04. The molecule has 0 atom stereocenters. The molecule has 0 aromatic heterocycles. The molecular weight excluding hydrogens is 272 g/mol. The minimum absolute atomic E-state index is 0. The van der Waals surface area contributed by atoms with Crippen LogP contribution in [0.25, 0.3) is 0 Å². The van der Waals surface area contributed by atoms with Crippen molar-refractivity contribution < 1.29 is 24.2 Å². The molecule has 0 radical (unpaired) electrons. The van der Waals surface area contributed by atoms with Crippen LogP contribution in [0.4, 0.5) is 0 Å². The van der Waals surface area contributed by atoms with E-state index in [0.717, 1.165) is 0 Å². The molecule has 0 saturated heterocycles. The lowest BCUT2D eigenvalue weighted by Gasteiger charge is -2.10. The molecule has 0 aliphatic heterocycles. The van der Waals surface area contributed by atoms with E-state index in [9.17, 15) is 9.59 Å². The SMILES string of the molecule is C.CC.COC(=O)c1cc(OCC(C)C)cc(C(=O)O)c1. The normalized spacial score (nSPS) is 9.05. The lowest BCUT2D eigenvalue weighted by molar-refractivity contribution is 0.0600. The van der Waals surface area contributed by atoms with Gasteiger partial charge in [0.25, 0.3) is 0 Å². The molecular formula is C16H26O5. The van der Waals surface area contributed by atoms with Gasteiger partial charge in [-0.2, -0.15) is 0 Å². The summed E-state index contributed by atoms with van der Waals surface area (Å²) in [6.07, 6.45) is 0. The van der Waals surface area contributed by atoms with Crippen LogP contribution in [-0.2, 0) is 4.74 Å². The van der Waals surface area contributed by atoms with Gasteiger partial charge in [-0.15, -0.1) is 0 Å². The number of carboxylic acid groups (broad SMARTS) is 1. The number of esters is 1. The highest BCUT2D eigenvalue weighted by molar-refractivity contribution is 5.95. The van der Waals surface area contributed by atoms with Crippen LogP contribution >= 0.6 is 0 Å². The Morgan fingerprint density at radius 2 is 1.67 bits per heavy atom. The van der Waals surface area contributed by atoms with Gasteiger partial charge >= 0.3 is 11.9 Å². The van der Waals surface area contributed by atoms with E-state index < -0.39 is 11.9 Å². The largest absolute Gasteiger partial charge is 0.493 e. The predicted octanol–water partition coefficient (Wildman–Crippen LogP) is 3.87. The van der Waals surface area contributed by atoms with E-state index in [2.05, 4.69) is 4.74 Å². The quantitative estimate of drug-likeness (QED) is 0.835. The molecule has 0 spiro atoms. The maximum atomic E-state index is 11.4. The molecule has 0 unspecified atom stereocenters. The molecule has 1 aromatic rings. The van der Waals surface area contributed by atoms with Gasteiger partial charge in [-0.25, -0.2) is 9.59 Å². The number of carboxylic acids is 1. The molecule has 0 aliphatic rings. The highest BCUT2D eigenvalue weighted by Gasteiger charge is 2.13. The van der Waals surface area contributed by atoms with Gasteiger partial charge in [0.05, 0.1) is 24.8 Å². The van der Waals surface area contributed by atoms with Crippen LogP contribution in [0.2, 0.25) is 0 Å². The number of methoxy groups -OCH3 is 1. The first-order chi connectivity index (χ1) is 9.43. The molecule has 21 heavy (non-hydrogen) atoms. The summed E-state index contributed by atoms with van der Waals surface area (Å²) in [5.41, 5.74) is 0.160. The lowest BCUT2D eigenvalue weighted by Crippen LogP contribution is -2.08. The lowest BCUT2D eigenvalue weighted by atomic mass is 10.1. The van der Waals surface area contributed by atoms with Crippen molar-refractivity contribution in [2.24, 2.45) is 5.92 Å².